The maximum atomic E-state index is 5.09. The minimum Gasteiger partial charge on any atom is -0.230 e. The molecule has 0 radical (unpaired) electrons. The molecule has 2 heteroatoms. The molecular formula is C18H32O2. The van der Waals surface area contributed by atoms with E-state index in [2.05, 4.69) is 44.2 Å². The summed E-state index contributed by atoms with van der Waals surface area (Å²) < 4.78 is 0. The fourth-order valence-electron chi connectivity index (χ4n) is 1.34. The highest BCUT2D eigenvalue weighted by Gasteiger charge is 2.18. The molecule has 0 atom stereocenters. The molecule has 0 saturated heterocycles. The van der Waals surface area contributed by atoms with Crippen LogP contribution in [0, 0.1) is 5.92 Å². The summed E-state index contributed by atoms with van der Waals surface area (Å²) in [6, 6.07) is 10.6. The summed E-state index contributed by atoms with van der Waals surface area (Å²) in [6.07, 6.45) is 1.20. The van der Waals surface area contributed by atoms with Crippen molar-refractivity contribution in [1.82, 2.24) is 0 Å². The topological polar surface area (TPSA) is 18.5 Å². The van der Waals surface area contributed by atoms with Crippen molar-refractivity contribution in [3.63, 3.8) is 0 Å². The molecule has 0 aliphatic heterocycles. The van der Waals surface area contributed by atoms with Crippen LogP contribution in [-0.2, 0) is 16.2 Å². The van der Waals surface area contributed by atoms with Gasteiger partial charge in [-0.2, -0.15) is 0 Å². The molecule has 2 nitrogen and oxygen atoms in total. The monoisotopic (exact) mass is 280 g/mol. The first kappa shape index (κ1) is 19.1. The molecule has 0 fully saturated rings. The maximum Gasteiger partial charge on any atom is 0.0952 e. The lowest BCUT2D eigenvalue weighted by Crippen LogP contribution is -2.27. The van der Waals surface area contributed by atoms with Gasteiger partial charge in [-0.3, -0.25) is 0 Å². The molecule has 0 aromatic heterocycles. The van der Waals surface area contributed by atoms with Crippen LogP contribution in [0.5, 0.6) is 0 Å². The molecule has 0 saturated carbocycles. The average molecular weight is 280 g/mol. The Morgan fingerprint density at radius 3 is 1.50 bits per heavy atom. The van der Waals surface area contributed by atoms with Gasteiger partial charge in [0.15, 0.2) is 0 Å². The van der Waals surface area contributed by atoms with Crippen molar-refractivity contribution in [2.24, 2.45) is 5.92 Å². The van der Waals surface area contributed by atoms with Gasteiger partial charge in [0.2, 0.25) is 0 Å². The predicted octanol–water partition coefficient (Wildman–Crippen LogP) is 5.42. The number of hydrogen-bond acceptors (Lipinski definition) is 2. The molecule has 20 heavy (non-hydrogen) atoms. The first-order valence-corrected chi connectivity index (χ1v) is 7.40. The number of rotatable bonds is 3. The summed E-state index contributed by atoms with van der Waals surface area (Å²) in [5, 5.41) is 0. The highest BCUT2D eigenvalue weighted by molar-refractivity contribution is 5.14. The van der Waals surface area contributed by atoms with Crippen molar-refractivity contribution in [3.8, 4) is 0 Å². The Balaban J connectivity index is 0.000000361. The predicted molar refractivity (Wildman–Crippen MR) is 86.7 cm³/mol. The molecule has 1 rings (SSSR count). The number of benzene rings is 1. The minimum absolute atomic E-state index is 0.215. The van der Waals surface area contributed by atoms with Crippen LogP contribution in [0.4, 0.5) is 0 Å². The van der Waals surface area contributed by atoms with Crippen LogP contribution in [0.3, 0.4) is 0 Å². The van der Waals surface area contributed by atoms with Gasteiger partial charge in [0.25, 0.3) is 0 Å². The van der Waals surface area contributed by atoms with E-state index in [4.69, 9.17) is 9.78 Å². The lowest BCUT2D eigenvalue weighted by Gasteiger charge is -2.24. The van der Waals surface area contributed by atoms with Gasteiger partial charge in [-0.1, -0.05) is 44.2 Å². The lowest BCUT2D eigenvalue weighted by molar-refractivity contribution is -0.393. The lowest BCUT2D eigenvalue weighted by atomic mass is 10.0. The largest absolute Gasteiger partial charge is 0.230 e. The SMILES string of the molecule is CC(C)(C)OOC(C)(C)C.CC(C)Cc1ccccc1. The van der Waals surface area contributed by atoms with E-state index in [9.17, 15) is 0 Å². The second kappa shape index (κ2) is 8.43. The summed E-state index contributed by atoms with van der Waals surface area (Å²) in [6.45, 7) is 16.2. The third kappa shape index (κ3) is 13.6. The molecule has 0 aliphatic carbocycles. The van der Waals surface area contributed by atoms with Gasteiger partial charge in [-0.15, -0.1) is 0 Å². The molecule has 0 aliphatic rings. The van der Waals surface area contributed by atoms with Crippen LogP contribution in [0.1, 0.15) is 61.0 Å². The third-order valence-electron chi connectivity index (χ3n) is 2.03. The molecular weight excluding hydrogens is 248 g/mol. The molecule has 0 N–H and O–H groups in total. The Hall–Kier alpha value is -0.860. The zero-order valence-corrected chi connectivity index (χ0v) is 14.5. The Bertz CT molecular complexity index is 328. The van der Waals surface area contributed by atoms with Gasteiger partial charge in [0, 0.05) is 0 Å². The Labute approximate surface area is 125 Å². The van der Waals surface area contributed by atoms with Gasteiger partial charge < -0.3 is 0 Å². The first-order valence-electron chi connectivity index (χ1n) is 7.40. The van der Waals surface area contributed by atoms with E-state index in [1.807, 2.05) is 41.5 Å². The molecule has 1 aromatic carbocycles. The summed E-state index contributed by atoms with van der Waals surface area (Å²) in [4.78, 5) is 10.2. The fraction of sp³-hybridized carbons (Fsp3) is 0.667. The minimum atomic E-state index is -0.215. The van der Waals surface area contributed by atoms with E-state index < -0.39 is 0 Å². The zero-order valence-electron chi connectivity index (χ0n) is 14.5. The Kier molecular flexibility index (Phi) is 8.07. The van der Waals surface area contributed by atoms with Gasteiger partial charge in [0.05, 0.1) is 11.2 Å². The van der Waals surface area contributed by atoms with Crippen LogP contribution in [0.2, 0.25) is 0 Å². The van der Waals surface area contributed by atoms with Gasteiger partial charge in [0.1, 0.15) is 0 Å². The van der Waals surface area contributed by atoms with E-state index >= 15 is 0 Å². The van der Waals surface area contributed by atoms with Crippen molar-refractivity contribution in [2.45, 2.75) is 73.0 Å². The molecule has 0 unspecified atom stereocenters. The van der Waals surface area contributed by atoms with Crippen molar-refractivity contribution in [1.29, 1.82) is 0 Å². The van der Waals surface area contributed by atoms with Crippen LogP contribution >= 0.6 is 0 Å². The van der Waals surface area contributed by atoms with Crippen LogP contribution < -0.4 is 0 Å². The zero-order chi connectivity index (χ0) is 15.8. The van der Waals surface area contributed by atoms with Gasteiger partial charge >= 0.3 is 0 Å². The summed E-state index contributed by atoms with van der Waals surface area (Å²) in [7, 11) is 0. The molecule has 0 amide bonds. The standard InChI is InChI=1S/C10H14.C8H18O2/c1-9(2)8-10-6-4-3-5-7-10;1-7(2,3)9-10-8(4,5)6/h3-7,9H,8H2,1-2H3;1-6H3. The quantitative estimate of drug-likeness (QED) is 0.544. The third-order valence-corrected chi connectivity index (χ3v) is 2.03. The highest BCUT2D eigenvalue weighted by atomic mass is 17.2. The Morgan fingerprint density at radius 1 is 0.800 bits per heavy atom. The smallest absolute Gasteiger partial charge is 0.0952 e. The normalized spacial score (nSPS) is 12.1. The van der Waals surface area contributed by atoms with E-state index in [-0.39, 0.29) is 11.2 Å². The van der Waals surface area contributed by atoms with E-state index in [0.29, 0.717) is 0 Å². The molecule has 0 bridgehead atoms. The van der Waals surface area contributed by atoms with E-state index in [1.165, 1.54) is 12.0 Å². The highest BCUT2D eigenvalue weighted by Crippen LogP contribution is 2.14. The summed E-state index contributed by atoms with van der Waals surface area (Å²) >= 11 is 0. The number of hydrogen-bond donors (Lipinski definition) is 0. The first-order chi connectivity index (χ1) is 8.99. The maximum absolute atomic E-state index is 5.09. The molecule has 0 spiro atoms. The second-order valence-corrected chi connectivity index (χ2v) is 7.47. The van der Waals surface area contributed by atoms with Crippen LogP contribution in [-0.4, -0.2) is 11.2 Å². The van der Waals surface area contributed by atoms with Gasteiger partial charge in [-0.25, -0.2) is 9.78 Å². The summed E-state index contributed by atoms with van der Waals surface area (Å²) in [5.41, 5.74) is 1.01. The second-order valence-electron chi connectivity index (χ2n) is 7.47. The van der Waals surface area contributed by atoms with E-state index in [1.54, 1.807) is 0 Å². The van der Waals surface area contributed by atoms with Gasteiger partial charge in [-0.05, 0) is 59.4 Å². The van der Waals surface area contributed by atoms with Crippen molar-refractivity contribution >= 4 is 0 Å². The van der Waals surface area contributed by atoms with Crippen molar-refractivity contribution < 1.29 is 9.78 Å². The summed E-state index contributed by atoms with van der Waals surface area (Å²) in [5.74, 6) is 0.766. The van der Waals surface area contributed by atoms with E-state index in [0.717, 1.165) is 5.92 Å². The van der Waals surface area contributed by atoms with Crippen molar-refractivity contribution in [2.75, 3.05) is 0 Å². The molecule has 1 aromatic rings. The van der Waals surface area contributed by atoms with Crippen molar-refractivity contribution in [3.05, 3.63) is 35.9 Å². The molecule has 116 valence electrons. The van der Waals surface area contributed by atoms with Crippen LogP contribution in [0.25, 0.3) is 0 Å². The Morgan fingerprint density at radius 2 is 1.20 bits per heavy atom. The molecule has 0 heterocycles. The fourth-order valence-corrected chi connectivity index (χ4v) is 1.34. The average Bonchev–Trinajstić information content (AvgIpc) is 2.26. The van der Waals surface area contributed by atoms with Crippen LogP contribution in [0.15, 0.2) is 30.3 Å².